The Morgan fingerprint density at radius 1 is 1.09 bits per heavy atom. The van der Waals surface area contributed by atoms with Gasteiger partial charge in [-0.25, -0.2) is 0 Å². The van der Waals surface area contributed by atoms with Crippen molar-refractivity contribution in [3.8, 4) is 11.5 Å². The number of ether oxygens (including phenoxy) is 2. The lowest BCUT2D eigenvalue weighted by Crippen LogP contribution is -2.16. The second kappa shape index (κ2) is 6.60. The van der Waals surface area contributed by atoms with Gasteiger partial charge in [0.25, 0.3) is 0 Å². The van der Waals surface area contributed by atoms with Crippen molar-refractivity contribution in [2.24, 2.45) is 0 Å². The molecule has 5 heteroatoms. The molecule has 1 amide bonds. The van der Waals surface area contributed by atoms with E-state index in [-0.39, 0.29) is 12.7 Å². The molecule has 2 aromatic carbocycles. The van der Waals surface area contributed by atoms with Crippen molar-refractivity contribution in [3.05, 3.63) is 47.5 Å². The van der Waals surface area contributed by atoms with Crippen molar-refractivity contribution in [2.75, 3.05) is 24.0 Å². The number of aryl methyl sites for hydroxylation is 2. The summed E-state index contributed by atoms with van der Waals surface area (Å²) in [6.45, 7) is 4.81. The number of hydrogen-bond acceptors (Lipinski definition) is 4. The highest BCUT2D eigenvalue weighted by Crippen LogP contribution is 2.34. The van der Waals surface area contributed by atoms with E-state index in [4.69, 9.17) is 9.47 Å². The number of anilines is 2. The molecule has 2 N–H and O–H groups in total. The van der Waals surface area contributed by atoms with Crippen LogP contribution in [0, 0.1) is 13.8 Å². The highest BCUT2D eigenvalue weighted by Gasteiger charge is 2.13. The summed E-state index contributed by atoms with van der Waals surface area (Å²) in [5, 5.41) is 6.18. The third-order valence-electron chi connectivity index (χ3n) is 3.72. The molecule has 2 aromatic rings. The fourth-order valence-electron chi connectivity index (χ4n) is 2.41. The van der Waals surface area contributed by atoms with Gasteiger partial charge in [-0.15, -0.1) is 0 Å². The summed E-state index contributed by atoms with van der Waals surface area (Å²) >= 11 is 0. The lowest BCUT2D eigenvalue weighted by molar-refractivity contribution is -0.115. The number of fused-ring (bicyclic) bond motifs is 1. The Morgan fingerprint density at radius 3 is 2.78 bits per heavy atom. The summed E-state index contributed by atoms with van der Waals surface area (Å²) < 4.78 is 10.6. The van der Waals surface area contributed by atoms with Crippen molar-refractivity contribution in [3.63, 3.8) is 0 Å². The standard InChI is InChI=1S/C18H20N2O3/c1-12-3-4-13(2)15(9-12)20-18(21)7-8-19-14-5-6-16-17(10-14)23-11-22-16/h3-6,9-10,19H,7-8,11H2,1-2H3,(H,20,21). The van der Waals surface area contributed by atoms with E-state index in [2.05, 4.69) is 10.6 Å². The van der Waals surface area contributed by atoms with E-state index in [0.29, 0.717) is 13.0 Å². The summed E-state index contributed by atoms with van der Waals surface area (Å²) in [6.07, 6.45) is 0.391. The molecule has 0 saturated carbocycles. The number of rotatable bonds is 5. The second-order valence-corrected chi connectivity index (χ2v) is 5.61. The molecule has 23 heavy (non-hydrogen) atoms. The Morgan fingerprint density at radius 2 is 1.91 bits per heavy atom. The number of carbonyl (C=O) groups is 1. The molecule has 0 fully saturated rings. The number of carbonyl (C=O) groups excluding carboxylic acids is 1. The minimum atomic E-state index is -0.00746. The molecule has 0 bridgehead atoms. The number of hydrogen-bond donors (Lipinski definition) is 2. The van der Waals surface area contributed by atoms with Gasteiger partial charge in [-0.1, -0.05) is 12.1 Å². The number of nitrogens with one attached hydrogen (secondary N) is 2. The van der Waals surface area contributed by atoms with E-state index in [9.17, 15) is 4.79 Å². The third-order valence-corrected chi connectivity index (χ3v) is 3.72. The first-order chi connectivity index (χ1) is 11.1. The van der Waals surface area contributed by atoms with Crippen molar-refractivity contribution in [1.82, 2.24) is 0 Å². The first kappa shape index (κ1) is 15.2. The Balaban J connectivity index is 1.50. The van der Waals surface area contributed by atoms with E-state index in [1.54, 1.807) is 0 Å². The fraction of sp³-hybridized carbons (Fsp3) is 0.278. The van der Waals surface area contributed by atoms with Gasteiger partial charge in [-0.2, -0.15) is 0 Å². The van der Waals surface area contributed by atoms with E-state index < -0.39 is 0 Å². The predicted molar refractivity (Wildman–Crippen MR) is 90.2 cm³/mol. The Kier molecular flexibility index (Phi) is 4.37. The van der Waals surface area contributed by atoms with Crippen LogP contribution in [-0.4, -0.2) is 19.2 Å². The number of benzene rings is 2. The van der Waals surface area contributed by atoms with Gasteiger partial charge in [0.05, 0.1) is 0 Å². The maximum atomic E-state index is 12.1. The van der Waals surface area contributed by atoms with Gasteiger partial charge in [-0.05, 0) is 43.2 Å². The molecule has 0 radical (unpaired) electrons. The minimum Gasteiger partial charge on any atom is -0.454 e. The van der Waals surface area contributed by atoms with E-state index in [1.165, 1.54) is 0 Å². The molecule has 3 rings (SSSR count). The molecule has 1 heterocycles. The maximum Gasteiger partial charge on any atom is 0.231 e. The zero-order valence-corrected chi connectivity index (χ0v) is 13.3. The number of amides is 1. The lowest BCUT2D eigenvalue weighted by Gasteiger charge is -2.10. The van der Waals surface area contributed by atoms with Crippen molar-refractivity contribution in [1.29, 1.82) is 0 Å². The molecule has 1 aliphatic rings. The first-order valence-electron chi connectivity index (χ1n) is 7.62. The molecular formula is C18H20N2O3. The SMILES string of the molecule is Cc1ccc(C)c(NC(=O)CCNc2ccc3c(c2)OCO3)c1. The topological polar surface area (TPSA) is 59.6 Å². The quantitative estimate of drug-likeness (QED) is 0.887. The van der Waals surface area contributed by atoms with E-state index in [1.807, 2.05) is 50.2 Å². The molecule has 120 valence electrons. The van der Waals surface area contributed by atoms with Gasteiger partial charge >= 0.3 is 0 Å². The molecule has 5 nitrogen and oxygen atoms in total. The van der Waals surface area contributed by atoms with Crippen LogP contribution in [0.1, 0.15) is 17.5 Å². The lowest BCUT2D eigenvalue weighted by atomic mass is 10.1. The van der Waals surface area contributed by atoms with Crippen LogP contribution in [-0.2, 0) is 4.79 Å². The molecule has 0 aliphatic carbocycles. The molecule has 0 saturated heterocycles. The Bertz CT molecular complexity index is 728. The van der Waals surface area contributed by atoms with Crippen LogP contribution < -0.4 is 20.1 Å². The maximum absolute atomic E-state index is 12.1. The van der Waals surface area contributed by atoms with Gasteiger partial charge < -0.3 is 20.1 Å². The van der Waals surface area contributed by atoms with Crippen molar-refractivity contribution in [2.45, 2.75) is 20.3 Å². The van der Waals surface area contributed by atoms with Crippen LogP contribution in [0.5, 0.6) is 11.5 Å². The molecule has 0 atom stereocenters. The van der Waals surface area contributed by atoms with E-state index >= 15 is 0 Å². The smallest absolute Gasteiger partial charge is 0.231 e. The molecule has 0 aromatic heterocycles. The van der Waals surface area contributed by atoms with Crippen LogP contribution in [0.3, 0.4) is 0 Å². The van der Waals surface area contributed by atoms with Crippen molar-refractivity contribution >= 4 is 17.3 Å². The monoisotopic (exact) mass is 312 g/mol. The van der Waals surface area contributed by atoms with Crippen LogP contribution in [0.25, 0.3) is 0 Å². The van der Waals surface area contributed by atoms with Gasteiger partial charge in [-0.3, -0.25) is 4.79 Å². The molecule has 0 unspecified atom stereocenters. The zero-order chi connectivity index (χ0) is 16.2. The second-order valence-electron chi connectivity index (χ2n) is 5.61. The average molecular weight is 312 g/mol. The minimum absolute atomic E-state index is 0.00746. The van der Waals surface area contributed by atoms with Gasteiger partial charge in [0.2, 0.25) is 12.7 Å². The summed E-state index contributed by atoms with van der Waals surface area (Å²) in [6, 6.07) is 11.7. The highest BCUT2D eigenvalue weighted by atomic mass is 16.7. The zero-order valence-electron chi connectivity index (χ0n) is 13.3. The Hall–Kier alpha value is -2.69. The van der Waals surface area contributed by atoms with Gasteiger partial charge in [0.1, 0.15) is 0 Å². The van der Waals surface area contributed by atoms with Gasteiger partial charge in [0, 0.05) is 30.4 Å². The highest BCUT2D eigenvalue weighted by molar-refractivity contribution is 5.91. The Labute approximate surface area is 135 Å². The van der Waals surface area contributed by atoms with Crippen LogP contribution in [0.15, 0.2) is 36.4 Å². The first-order valence-corrected chi connectivity index (χ1v) is 7.62. The van der Waals surface area contributed by atoms with Crippen LogP contribution in [0.2, 0.25) is 0 Å². The van der Waals surface area contributed by atoms with Crippen LogP contribution >= 0.6 is 0 Å². The molecule has 1 aliphatic heterocycles. The summed E-state index contributed by atoms with van der Waals surface area (Å²) in [5.41, 5.74) is 3.98. The summed E-state index contributed by atoms with van der Waals surface area (Å²) in [4.78, 5) is 12.1. The molecular weight excluding hydrogens is 292 g/mol. The third kappa shape index (κ3) is 3.74. The average Bonchev–Trinajstić information content (AvgIpc) is 2.98. The summed E-state index contributed by atoms with van der Waals surface area (Å²) in [5.74, 6) is 1.48. The summed E-state index contributed by atoms with van der Waals surface area (Å²) in [7, 11) is 0. The van der Waals surface area contributed by atoms with Crippen molar-refractivity contribution < 1.29 is 14.3 Å². The van der Waals surface area contributed by atoms with E-state index in [0.717, 1.165) is 34.0 Å². The molecule has 0 spiro atoms. The van der Waals surface area contributed by atoms with Gasteiger partial charge in [0.15, 0.2) is 11.5 Å². The van der Waals surface area contributed by atoms with Crippen LogP contribution in [0.4, 0.5) is 11.4 Å². The normalized spacial score (nSPS) is 12.1. The predicted octanol–water partition coefficient (Wildman–Crippen LogP) is 3.47. The largest absolute Gasteiger partial charge is 0.454 e. The fourth-order valence-corrected chi connectivity index (χ4v) is 2.41.